The van der Waals surface area contributed by atoms with Gasteiger partial charge in [0.05, 0.1) is 12.2 Å². The van der Waals surface area contributed by atoms with Crippen molar-refractivity contribution in [1.82, 2.24) is 19.7 Å². The molecular formula is C15H20N4O. The van der Waals surface area contributed by atoms with Gasteiger partial charge in [0, 0.05) is 6.42 Å². The largest absolute Gasteiger partial charge is 0.310 e. The van der Waals surface area contributed by atoms with Crippen LogP contribution in [0.25, 0.3) is 11.0 Å². The SMILES string of the molecule is O=c1[nH]c(CC2CCC2)nc2c1cnn2C1CCCC1. The number of aromatic amines is 1. The molecule has 2 heterocycles. The number of hydrogen-bond acceptors (Lipinski definition) is 3. The summed E-state index contributed by atoms with van der Waals surface area (Å²) in [6, 6.07) is 0.429. The predicted molar refractivity (Wildman–Crippen MR) is 76.7 cm³/mol. The van der Waals surface area contributed by atoms with E-state index in [0.29, 0.717) is 17.3 Å². The second-order valence-electron chi connectivity index (χ2n) is 6.28. The fourth-order valence-electron chi connectivity index (χ4n) is 3.46. The fraction of sp³-hybridized carbons (Fsp3) is 0.667. The lowest BCUT2D eigenvalue weighted by atomic mass is 9.83. The van der Waals surface area contributed by atoms with Crippen molar-refractivity contribution in [3.8, 4) is 0 Å². The minimum atomic E-state index is -0.0337. The first-order valence-electron chi connectivity index (χ1n) is 7.77. The number of nitrogens with zero attached hydrogens (tertiary/aromatic N) is 3. The van der Waals surface area contributed by atoms with Crippen molar-refractivity contribution >= 4 is 11.0 Å². The Kier molecular flexibility index (Phi) is 2.86. The number of nitrogens with one attached hydrogen (secondary N) is 1. The third-order valence-corrected chi connectivity index (χ3v) is 4.89. The van der Waals surface area contributed by atoms with Crippen LogP contribution in [-0.4, -0.2) is 19.7 Å². The molecule has 20 heavy (non-hydrogen) atoms. The Morgan fingerprint density at radius 2 is 2.00 bits per heavy atom. The topological polar surface area (TPSA) is 63.6 Å². The third-order valence-electron chi connectivity index (χ3n) is 4.89. The molecule has 106 valence electrons. The van der Waals surface area contributed by atoms with E-state index >= 15 is 0 Å². The molecule has 0 bridgehead atoms. The number of rotatable bonds is 3. The van der Waals surface area contributed by atoms with Crippen molar-refractivity contribution in [2.75, 3.05) is 0 Å². The lowest BCUT2D eigenvalue weighted by Crippen LogP contribution is -2.19. The molecule has 2 aromatic heterocycles. The molecule has 0 atom stereocenters. The van der Waals surface area contributed by atoms with Crippen LogP contribution in [0.2, 0.25) is 0 Å². The molecule has 0 unspecified atom stereocenters. The predicted octanol–water partition coefficient (Wildman–Crippen LogP) is 2.58. The van der Waals surface area contributed by atoms with Crippen molar-refractivity contribution in [3.63, 3.8) is 0 Å². The van der Waals surface area contributed by atoms with Gasteiger partial charge in [0.2, 0.25) is 0 Å². The summed E-state index contributed by atoms with van der Waals surface area (Å²) in [4.78, 5) is 19.8. The Morgan fingerprint density at radius 1 is 1.20 bits per heavy atom. The quantitative estimate of drug-likeness (QED) is 0.934. The zero-order valence-corrected chi connectivity index (χ0v) is 11.6. The average Bonchev–Trinajstić information content (AvgIpc) is 3.01. The number of hydrogen-bond donors (Lipinski definition) is 1. The van der Waals surface area contributed by atoms with Crippen LogP contribution in [0.1, 0.15) is 56.8 Å². The molecule has 2 aromatic rings. The lowest BCUT2D eigenvalue weighted by Gasteiger charge is -2.24. The van der Waals surface area contributed by atoms with Gasteiger partial charge >= 0.3 is 0 Å². The summed E-state index contributed by atoms with van der Waals surface area (Å²) in [6.45, 7) is 0. The molecule has 0 amide bonds. The second kappa shape index (κ2) is 4.72. The minimum Gasteiger partial charge on any atom is -0.310 e. The van der Waals surface area contributed by atoms with Gasteiger partial charge in [-0.2, -0.15) is 5.10 Å². The van der Waals surface area contributed by atoms with Crippen LogP contribution in [0.3, 0.4) is 0 Å². The van der Waals surface area contributed by atoms with Gasteiger partial charge in [-0.3, -0.25) is 4.79 Å². The highest BCUT2D eigenvalue weighted by Crippen LogP contribution is 2.31. The van der Waals surface area contributed by atoms with Gasteiger partial charge in [-0.15, -0.1) is 0 Å². The molecule has 0 saturated heterocycles. The number of H-pyrrole nitrogens is 1. The summed E-state index contributed by atoms with van der Waals surface area (Å²) in [5, 5.41) is 5.06. The van der Waals surface area contributed by atoms with Crippen LogP contribution >= 0.6 is 0 Å². The Balaban J connectivity index is 1.75. The summed E-state index contributed by atoms with van der Waals surface area (Å²) < 4.78 is 1.99. The molecule has 2 saturated carbocycles. The van der Waals surface area contributed by atoms with Gasteiger partial charge in [-0.1, -0.05) is 32.1 Å². The van der Waals surface area contributed by atoms with Gasteiger partial charge in [-0.05, 0) is 18.8 Å². The van der Waals surface area contributed by atoms with Crippen molar-refractivity contribution in [3.05, 3.63) is 22.4 Å². The number of aromatic nitrogens is 4. The second-order valence-corrected chi connectivity index (χ2v) is 6.28. The van der Waals surface area contributed by atoms with Crippen LogP contribution in [0.5, 0.6) is 0 Å². The van der Waals surface area contributed by atoms with Crippen molar-refractivity contribution in [1.29, 1.82) is 0 Å². The highest BCUT2D eigenvalue weighted by molar-refractivity contribution is 5.73. The van der Waals surface area contributed by atoms with Gasteiger partial charge in [-0.25, -0.2) is 9.67 Å². The van der Waals surface area contributed by atoms with E-state index in [0.717, 1.165) is 30.7 Å². The van der Waals surface area contributed by atoms with E-state index in [1.165, 1.54) is 32.1 Å². The summed E-state index contributed by atoms with van der Waals surface area (Å²) >= 11 is 0. The molecule has 5 heteroatoms. The van der Waals surface area contributed by atoms with Crippen LogP contribution in [0.15, 0.2) is 11.0 Å². The van der Waals surface area contributed by atoms with Gasteiger partial charge in [0.15, 0.2) is 5.65 Å². The van der Waals surface area contributed by atoms with Gasteiger partial charge in [0.1, 0.15) is 11.2 Å². The van der Waals surface area contributed by atoms with Crippen LogP contribution < -0.4 is 5.56 Å². The molecular weight excluding hydrogens is 252 g/mol. The maximum Gasteiger partial charge on any atom is 0.262 e. The molecule has 2 aliphatic rings. The van der Waals surface area contributed by atoms with E-state index in [4.69, 9.17) is 4.98 Å². The molecule has 4 rings (SSSR count). The first-order chi connectivity index (χ1) is 9.81. The molecule has 2 fully saturated rings. The minimum absolute atomic E-state index is 0.0337. The van der Waals surface area contributed by atoms with E-state index in [2.05, 4.69) is 10.1 Å². The summed E-state index contributed by atoms with van der Waals surface area (Å²) in [7, 11) is 0. The molecule has 0 aliphatic heterocycles. The maximum atomic E-state index is 12.2. The fourth-order valence-corrected chi connectivity index (χ4v) is 3.46. The molecule has 5 nitrogen and oxygen atoms in total. The molecule has 1 N–H and O–H groups in total. The van der Waals surface area contributed by atoms with Crippen LogP contribution in [0.4, 0.5) is 0 Å². The van der Waals surface area contributed by atoms with Crippen molar-refractivity contribution < 1.29 is 0 Å². The van der Waals surface area contributed by atoms with Gasteiger partial charge < -0.3 is 4.98 Å². The van der Waals surface area contributed by atoms with E-state index in [9.17, 15) is 4.79 Å². The van der Waals surface area contributed by atoms with Crippen molar-refractivity contribution in [2.24, 2.45) is 5.92 Å². The zero-order valence-electron chi connectivity index (χ0n) is 11.6. The van der Waals surface area contributed by atoms with Gasteiger partial charge in [0.25, 0.3) is 5.56 Å². The summed E-state index contributed by atoms with van der Waals surface area (Å²) in [6.07, 6.45) is 11.2. The standard InChI is InChI=1S/C15H20N4O/c20-15-12-9-16-19(11-6-1-2-7-11)14(12)17-13(18-15)8-10-4-3-5-10/h9-11H,1-8H2,(H,17,18,20). The van der Waals surface area contributed by atoms with E-state index < -0.39 is 0 Å². The number of fused-ring (bicyclic) bond motifs is 1. The Labute approximate surface area is 117 Å². The molecule has 0 aromatic carbocycles. The normalized spacial score (nSPS) is 20.6. The maximum absolute atomic E-state index is 12.2. The summed E-state index contributed by atoms with van der Waals surface area (Å²) in [5.74, 6) is 1.55. The smallest absolute Gasteiger partial charge is 0.262 e. The van der Waals surface area contributed by atoms with E-state index in [1.54, 1.807) is 6.20 Å². The summed E-state index contributed by atoms with van der Waals surface area (Å²) in [5.41, 5.74) is 0.753. The average molecular weight is 272 g/mol. The highest BCUT2D eigenvalue weighted by atomic mass is 16.1. The van der Waals surface area contributed by atoms with E-state index in [-0.39, 0.29) is 5.56 Å². The molecule has 0 radical (unpaired) electrons. The molecule has 0 spiro atoms. The van der Waals surface area contributed by atoms with Crippen LogP contribution in [-0.2, 0) is 6.42 Å². The van der Waals surface area contributed by atoms with E-state index in [1.807, 2.05) is 4.68 Å². The monoisotopic (exact) mass is 272 g/mol. The Bertz CT molecular complexity index is 677. The van der Waals surface area contributed by atoms with Crippen LogP contribution in [0, 0.1) is 5.92 Å². The Hall–Kier alpha value is -1.65. The zero-order chi connectivity index (χ0) is 13.5. The third kappa shape index (κ3) is 1.96. The first kappa shape index (κ1) is 12.1. The van der Waals surface area contributed by atoms with Crippen molar-refractivity contribution in [2.45, 2.75) is 57.4 Å². The highest BCUT2D eigenvalue weighted by Gasteiger charge is 2.23. The lowest BCUT2D eigenvalue weighted by molar-refractivity contribution is 0.309. The first-order valence-corrected chi connectivity index (χ1v) is 7.77. The Morgan fingerprint density at radius 3 is 2.70 bits per heavy atom. The molecule has 2 aliphatic carbocycles.